The van der Waals surface area contributed by atoms with Crippen LogP contribution in [0.15, 0.2) is 12.2 Å². The average molecular weight is 226 g/mol. The maximum Gasteiger partial charge on any atom is 0.332 e. The molecule has 1 amide bonds. The third kappa shape index (κ3) is 3.66. The van der Waals surface area contributed by atoms with Crippen LogP contribution in [0.2, 0.25) is 0 Å². The summed E-state index contributed by atoms with van der Waals surface area (Å²) in [7, 11) is 0. The summed E-state index contributed by atoms with van der Waals surface area (Å²) in [6, 6.07) is 0. The Labute approximate surface area is 95.3 Å². The van der Waals surface area contributed by atoms with Gasteiger partial charge in [0.1, 0.15) is 0 Å². The van der Waals surface area contributed by atoms with Crippen molar-refractivity contribution in [3.05, 3.63) is 12.2 Å². The third-order valence-corrected chi connectivity index (χ3v) is 2.75. The second-order valence-corrected chi connectivity index (χ2v) is 4.04. The lowest BCUT2D eigenvalue weighted by molar-refractivity contribution is -0.133. The van der Waals surface area contributed by atoms with Crippen LogP contribution in [0.5, 0.6) is 0 Å². The van der Waals surface area contributed by atoms with Gasteiger partial charge in [-0.1, -0.05) is 6.58 Å². The fraction of sp³-hybridized carbons (Fsp3) is 0.636. The van der Waals surface area contributed by atoms with Crippen molar-refractivity contribution in [3.63, 3.8) is 0 Å². The molecule has 5 nitrogen and oxygen atoms in total. The first-order chi connectivity index (χ1) is 7.50. The van der Waals surface area contributed by atoms with E-state index in [2.05, 4.69) is 6.58 Å². The van der Waals surface area contributed by atoms with Crippen molar-refractivity contribution >= 4 is 11.9 Å². The number of carbonyl (C=O) groups is 2. The van der Waals surface area contributed by atoms with Gasteiger partial charge in [0.15, 0.2) is 0 Å². The van der Waals surface area contributed by atoms with Crippen LogP contribution in [0.1, 0.15) is 13.3 Å². The van der Waals surface area contributed by atoms with Crippen LogP contribution in [-0.4, -0.2) is 59.5 Å². The second-order valence-electron chi connectivity index (χ2n) is 4.04. The lowest BCUT2D eigenvalue weighted by atomic mass is 10.2. The van der Waals surface area contributed by atoms with Gasteiger partial charge in [-0.25, -0.2) is 4.79 Å². The Morgan fingerprint density at radius 1 is 1.25 bits per heavy atom. The van der Waals surface area contributed by atoms with Crippen LogP contribution in [0.4, 0.5) is 0 Å². The van der Waals surface area contributed by atoms with E-state index in [1.807, 2.05) is 4.90 Å². The number of amides is 1. The maximum atomic E-state index is 11.2. The van der Waals surface area contributed by atoms with Crippen molar-refractivity contribution in [1.29, 1.82) is 0 Å². The molecule has 0 atom stereocenters. The molecule has 0 aromatic rings. The van der Waals surface area contributed by atoms with Gasteiger partial charge in [-0.3, -0.25) is 9.69 Å². The highest BCUT2D eigenvalue weighted by molar-refractivity contribution is 5.86. The quantitative estimate of drug-likeness (QED) is 0.697. The van der Waals surface area contributed by atoms with E-state index in [1.54, 1.807) is 11.8 Å². The molecule has 16 heavy (non-hydrogen) atoms. The van der Waals surface area contributed by atoms with E-state index in [4.69, 9.17) is 5.11 Å². The Hall–Kier alpha value is -1.36. The zero-order valence-electron chi connectivity index (χ0n) is 9.61. The molecule has 1 heterocycles. The largest absolute Gasteiger partial charge is 0.478 e. The molecular formula is C11H18N2O3. The van der Waals surface area contributed by atoms with Gasteiger partial charge in [-0.2, -0.15) is 0 Å². The molecule has 0 aromatic heterocycles. The van der Waals surface area contributed by atoms with Crippen molar-refractivity contribution in [2.45, 2.75) is 13.3 Å². The standard InChI is InChI=1S/C11H18N2O3/c1-9(11(15)16)8-12-4-3-5-13(7-6-12)10(2)14/h1,3-8H2,2H3,(H,15,16). The first-order valence-electron chi connectivity index (χ1n) is 5.39. The fourth-order valence-electron chi connectivity index (χ4n) is 1.78. The summed E-state index contributed by atoms with van der Waals surface area (Å²) in [6.45, 7) is 8.40. The zero-order valence-corrected chi connectivity index (χ0v) is 9.61. The Balaban J connectivity index is 2.44. The maximum absolute atomic E-state index is 11.2. The number of aliphatic carboxylic acids is 1. The Kier molecular flexibility index (Phi) is 4.49. The predicted octanol–water partition coefficient (Wildman–Crippen LogP) is 0.181. The Morgan fingerprint density at radius 3 is 2.50 bits per heavy atom. The lowest BCUT2D eigenvalue weighted by Gasteiger charge is -2.20. The first kappa shape index (κ1) is 12.7. The summed E-state index contributed by atoms with van der Waals surface area (Å²) >= 11 is 0. The van der Waals surface area contributed by atoms with Gasteiger partial charge in [0.2, 0.25) is 5.91 Å². The van der Waals surface area contributed by atoms with Gasteiger partial charge in [0.05, 0.1) is 0 Å². The van der Waals surface area contributed by atoms with E-state index in [-0.39, 0.29) is 11.5 Å². The molecule has 1 N–H and O–H groups in total. The molecule has 90 valence electrons. The molecule has 0 saturated carbocycles. The van der Waals surface area contributed by atoms with Crippen LogP contribution < -0.4 is 0 Å². The summed E-state index contributed by atoms with van der Waals surface area (Å²) in [5, 5.41) is 8.73. The number of hydrogen-bond acceptors (Lipinski definition) is 3. The van der Waals surface area contributed by atoms with Crippen molar-refractivity contribution in [3.8, 4) is 0 Å². The summed E-state index contributed by atoms with van der Waals surface area (Å²) in [6.07, 6.45) is 0.881. The van der Waals surface area contributed by atoms with Gasteiger partial charge < -0.3 is 10.0 Å². The summed E-state index contributed by atoms with van der Waals surface area (Å²) < 4.78 is 0. The van der Waals surface area contributed by atoms with Crippen LogP contribution in [0, 0.1) is 0 Å². The first-order valence-corrected chi connectivity index (χ1v) is 5.39. The lowest BCUT2D eigenvalue weighted by Crippen LogP contribution is -2.34. The third-order valence-electron chi connectivity index (χ3n) is 2.75. The minimum atomic E-state index is -0.951. The predicted molar refractivity (Wildman–Crippen MR) is 60.1 cm³/mol. The highest BCUT2D eigenvalue weighted by Crippen LogP contribution is 2.05. The highest BCUT2D eigenvalue weighted by atomic mass is 16.4. The molecule has 0 aromatic carbocycles. The minimum Gasteiger partial charge on any atom is -0.478 e. The molecule has 1 aliphatic heterocycles. The smallest absolute Gasteiger partial charge is 0.332 e. The van der Waals surface area contributed by atoms with E-state index >= 15 is 0 Å². The van der Waals surface area contributed by atoms with Gasteiger partial charge in [0, 0.05) is 45.2 Å². The molecule has 5 heteroatoms. The second kappa shape index (κ2) is 5.65. The summed E-state index contributed by atoms with van der Waals surface area (Å²) in [5.74, 6) is -0.869. The molecular weight excluding hydrogens is 208 g/mol. The molecule has 0 aliphatic carbocycles. The van der Waals surface area contributed by atoms with Crippen molar-refractivity contribution in [2.75, 3.05) is 32.7 Å². The normalized spacial score (nSPS) is 17.9. The van der Waals surface area contributed by atoms with Crippen molar-refractivity contribution < 1.29 is 14.7 Å². The topological polar surface area (TPSA) is 60.9 Å². The van der Waals surface area contributed by atoms with Gasteiger partial charge in [-0.05, 0) is 6.42 Å². The minimum absolute atomic E-state index is 0.0823. The average Bonchev–Trinajstić information content (AvgIpc) is 2.43. The monoisotopic (exact) mass is 226 g/mol. The molecule has 0 bridgehead atoms. The van der Waals surface area contributed by atoms with Crippen LogP contribution in [-0.2, 0) is 9.59 Å². The fourth-order valence-corrected chi connectivity index (χ4v) is 1.78. The number of rotatable bonds is 3. The van der Waals surface area contributed by atoms with E-state index in [0.717, 1.165) is 19.5 Å². The van der Waals surface area contributed by atoms with E-state index in [0.29, 0.717) is 19.6 Å². The number of hydrogen-bond donors (Lipinski definition) is 1. The van der Waals surface area contributed by atoms with Crippen molar-refractivity contribution in [2.24, 2.45) is 0 Å². The van der Waals surface area contributed by atoms with Crippen LogP contribution in [0.3, 0.4) is 0 Å². The van der Waals surface area contributed by atoms with Gasteiger partial charge in [0.25, 0.3) is 0 Å². The molecule has 1 saturated heterocycles. The Morgan fingerprint density at radius 2 is 1.94 bits per heavy atom. The molecule has 1 rings (SSSR count). The van der Waals surface area contributed by atoms with Gasteiger partial charge in [-0.15, -0.1) is 0 Å². The number of carboxylic acids is 1. The SMILES string of the molecule is C=C(CN1CCCN(C(C)=O)CC1)C(=O)O. The molecule has 0 radical (unpaired) electrons. The zero-order chi connectivity index (χ0) is 12.1. The molecule has 1 aliphatic rings. The van der Waals surface area contributed by atoms with E-state index in [9.17, 15) is 9.59 Å². The van der Waals surface area contributed by atoms with Gasteiger partial charge >= 0.3 is 5.97 Å². The molecule has 0 spiro atoms. The Bertz CT molecular complexity index is 302. The van der Waals surface area contributed by atoms with Crippen LogP contribution in [0.25, 0.3) is 0 Å². The highest BCUT2D eigenvalue weighted by Gasteiger charge is 2.18. The number of carboxylic acid groups (broad SMARTS) is 1. The molecule has 0 unspecified atom stereocenters. The molecule has 1 fully saturated rings. The van der Waals surface area contributed by atoms with Crippen LogP contribution >= 0.6 is 0 Å². The number of carbonyl (C=O) groups excluding carboxylic acids is 1. The summed E-state index contributed by atoms with van der Waals surface area (Å²) in [4.78, 5) is 25.6. The van der Waals surface area contributed by atoms with Crippen molar-refractivity contribution in [1.82, 2.24) is 9.80 Å². The number of nitrogens with zero attached hydrogens (tertiary/aromatic N) is 2. The summed E-state index contributed by atoms with van der Waals surface area (Å²) in [5.41, 5.74) is 0.205. The van der Waals surface area contributed by atoms with E-state index in [1.165, 1.54) is 0 Å². The van der Waals surface area contributed by atoms with E-state index < -0.39 is 5.97 Å².